The first-order chi connectivity index (χ1) is 11.9. The minimum atomic E-state index is -3.84. The van der Waals surface area contributed by atoms with E-state index >= 15 is 0 Å². The summed E-state index contributed by atoms with van der Waals surface area (Å²) in [5.41, 5.74) is 2.26. The van der Waals surface area contributed by atoms with Crippen molar-refractivity contribution in [3.8, 4) is 0 Å². The van der Waals surface area contributed by atoms with Gasteiger partial charge in [-0.1, -0.05) is 18.2 Å². The fourth-order valence-corrected chi connectivity index (χ4v) is 5.25. The molecule has 0 fully saturated rings. The van der Waals surface area contributed by atoms with Gasteiger partial charge in [0.1, 0.15) is 0 Å². The van der Waals surface area contributed by atoms with Crippen LogP contribution < -0.4 is 0 Å². The molecule has 1 unspecified atom stereocenters. The van der Waals surface area contributed by atoms with E-state index < -0.39 is 21.0 Å². The summed E-state index contributed by atoms with van der Waals surface area (Å²) < 4.78 is 27.4. The van der Waals surface area contributed by atoms with Crippen LogP contribution in [0.2, 0.25) is 0 Å². The Balaban J connectivity index is 1.75. The molecule has 0 bridgehead atoms. The lowest BCUT2D eigenvalue weighted by atomic mass is 9.95. The molecule has 25 heavy (non-hydrogen) atoms. The van der Waals surface area contributed by atoms with E-state index in [0.29, 0.717) is 12.0 Å². The Morgan fingerprint density at radius 1 is 1.12 bits per heavy atom. The highest BCUT2D eigenvalue weighted by atomic mass is 32.2. The van der Waals surface area contributed by atoms with E-state index in [2.05, 4.69) is 0 Å². The molecular formula is C17H14N2O5S. The van der Waals surface area contributed by atoms with Crippen LogP contribution in [0.3, 0.4) is 0 Å². The Morgan fingerprint density at radius 3 is 2.52 bits per heavy atom. The summed E-state index contributed by atoms with van der Waals surface area (Å²) in [6.07, 6.45) is 0.678. The number of ketones is 1. The van der Waals surface area contributed by atoms with Crippen LogP contribution in [-0.4, -0.2) is 30.0 Å². The average molecular weight is 358 g/mol. The number of nitro benzene ring substituents is 1. The number of nitro groups is 1. The minimum Gasteiger partial charge on any atom is -0.294 e. The summed E-state index contributed by atoms with van der Waals surface area (Å²) in [7, 11) is -3.84. The van der Waals surface area contributed by atoms with Crippen LogP contribution in [-0.2, 0) is 16.4 Å². The Morgan fingerprint density at radius 2 is 1.84 bits per heavy atom. The highest BCUT2D eigenvalue weighted by Crippen LogP contribution is 2.43. The second-order valence-electron chi connectivity index (χ2n) is 6.14. The number of nitrogens with zero attached hydrogens (tertiary/aromatic N) is 2. The van der Waals surface area contributed by atoms with Gasteiger partial charge in [0.15, 0.2) is 5.78 Å². The average Bonchev–Trinajstić information content (AvgIpc) is 2.93. The third-order valence-corrected chi connectivity index (χ3v) is 6.73. The van der Waals surface area contributed by atoms with Crippen molar-refractivity contribution in [3.63, 3.8) is 0 Å². The molecule has 1 heterocycles. The fourth-order valence-electron chi connectivity index (χ4n) is 3.65. The first-order valence-electron chi connectivity index (χ1n) is 7.81. The maximum absolute atomic E-state index is 13.0. The molecule has 1 aliphatic heterocycles. The van der Waals surface area contributed by atoms with Crippen molar-refractivity contribution in [1.29, 1.82) is 0 Å². The van der Waals surface area contributed by atoms with E-state index in [0.717, 1.165) is 11.1 Å². The lowest BCUT2D eigenvalue weighted by molar-refractivity contribution is -0.384. The maximum atomic E-state index is 13.0. The lowest BCUT2D eigenvalue weighted by Gasteiger charge is -2.33. The number of hydrogen-bond donors (Lipinski definition) is 0. The Hall–Kier alpha value is -2.58. The van der Waals surface area contributed by atoms with Gasteiger partial charge >= 0.3 is 0 Å². The molecular weight excluding hydrogens is 344 g/mol. The molecule has 0 saturated carbocycles. The van der Waals surface area contributed by atoms with Crippen molar-refractivity contribution in [2.75, 3.05) is 6.54 Å². The zero-order chi connectivity index (χ0) is 17.8. The van der Waals surface area contributed by atoms with E-state index in [9.17, 15) is 23.3 Å². The SMILES string of the molecule is O=C1CC2c3c(cccc31)CCN2S(=O)(=O)c1ccc([N+](=O)[O-])cc1. The zero-order valence-corrected chi connectivity index (χ0v) is 13.9. The van der Waals surface area contributed by atoms with Gasteiger partial charge in [0.25, 0.3) is 5.69 Å². The van der Waals surface area contributed by atoms with Crippen LogP contribution in [0, 0.1) is 10.1 Å². The van der Waals surface area contributed by atoms with Crippen LogP contribution in [0.5, 0.6) is 0 Å². The third kappa shape index (κ3) is 2.37. The van der Waals surface area contributed by atoms with Crippen molar-refractivity contribution in [2.24, 2.45) is 0 Å². The molecule has 2 aromatic carbocycles. The minimum absolute atomic E-state index is 0.00150. The highest BCUT2D eigenvalue weighted by molar-refractivity contribution is 7.89. The molecule has 1 atom stereocenters. The van der Waals surface area contributed by atoms with Gasteiger partial charge in [-0.05, 0) is 29.7 Å². The smallest absolute Gasteiger partial charge is 0.269 e. The zero-order valence-electron chi connectivity index (χ0n) is 13.1. The number of rotatable bonds is 3. The van der Waals surface area contributed by atoms with Crippen LogP contribution in [0.1, 0.15) is 33.9 Å². The number of Topliss-reactive ketones (excluding diaryl/α,β-unsaturated/α-hetero) is 1. The molecule has 4 rings (SSSR count). The molecule has 0 amide bonds. The molecule has 7 nitrogen and oxygen atoms in total. The Bertz CT molecular complexity index is 998. The first kappa shape index (κ1) is 15.9. The van der Waals surface area contributed by atoms with Crippen LogP contribution in [0.15, 0.2) is 47.4 Å². The van der Waals surface area contributed by atoms with Crippen LogP contribution >= 0.6 is 0 Å². The van der Waals surface area contributed by atoms with Gasteiger partial charge in [-0.15, -0.1) is 0 Å². The number of carbonyl (C=O) groups excluding carboxylic acids is 1. The highest BCUT2D eigenvalue weighted by Gasteiger charge is 2.43. The van der Waals surface area contributed by atoms with Gasteiger partial charge in [-0.25, -0.2) is 8.42 Å². The van der Waals surface area contributed by atoms with Gasteiger partial charge in [-0.3, -0.25) is 14.9 Å². The molecule has 0 N–H and O–H groups in total. The maximum Gasteiger partial charge on any atom is 0.269 e. The summed E-state index contributed by atoms with van der Waals surface area (Å²) in [6.45, 7) is 0.285. The topological polar surface area (TPSA) is 97.6 Å². The predicted octanol–water partition coefficient (Wildman–Crippen LogP) is 2.47. The van der Waals surface area contributed by atoms with Crippen LogP contribution in [0.4, 0.5) is 5.69 Å². The summed E-state index contributed by atoms with van der Waals surface area (Å²) in [5, 5.41) is 10.8. The van der Waals surface area contributed by atoms with E-state index in [1.54, 1.807) is 6.07 Å². The van der Waals surface area contributed by atoms with Crippen molar-refractivity contribution >= 4 is 21.5 Å². The Kier molecular flexibility index (Phi) is 3.48. The normalized spacial score (nSPS) is 19.7. The monoisotopic (exact) mass is 358 g/mol. The van der Waals surface area contributed by atoms with Gasteiger partial charge < -0.3 is 0 Å². The molecule has 0 spiro atoms. The van der Waals surface area contributed by atoms with Crippen molar-refractivity contribution in [1.82, 2.24) is 4.31 Å². The van der Waals surface area contributed by atoms with Gasteiger partial charge in [0.2, 0.25) is 10.0 Å². The molecule has 128 valence electrons. The molecule has 0 aromatic heterocycles. The third-order valence-electron chi connectivity index (χ3n) is 4.81. The fraction of sp³-hybridized carbons (Fsp3) is 0.235. The van der Waals surface area contributed by atoms with E-state index in [4.69, 9.17) is 0 Å². The van der Waals surface area contributed by atoms with Crippen molar-refractivity contribution in [3.05, 3.63) is 69.3 Å². The predicted molar refractivity (Wildman–Crippen MR) is 88.8 cm³/mol. The standard InChI is InChI=1S/C17H14N2O5S/c20-16-10-15-17-11(2-1-3-14(16)17)8-9-18(15)25(23,24)13-6-4-12(5-7-13)19(21)22/h1-7,15H,8-10H2. The van der Waals surface area contributed by atoms with Crippen molar-refractivity contribution in [2.45, 2.75) is 23.8 Å². The Labute approximate surface area is 144 Å². The molecule has 8 heteroatoms. The largest absolute Gasteiger partial charge is 0.294 e. The number of sulfonamides is 1. The number of hydrogen-bond acceptors (Lipinski definition) is 5. The number of carbonyl (C=O) groups is 1. The lowest BCUT2D eigenvalue weighted by Crippen LogP contribution is -2.39. The quantitative estimate of drug-likeness (QED) is 0.620. The summed E-state index contributed by atoms with van der Waals surface area (Å²) in [4.78, 5) is 22.4. The summed E-state index contributed by atoms with van der Waals surface area (Å²) in [5.74, 6) is -0.0485. The second kappa shape index (κ2) is 5.47. The van der Waals surface area contributed by atoms with Gasteiger partial charge in [0.05, 0.1) is 15.9 Å². The first-order valence-corrected chi connectivity index (χ1v) is 9.25. The number of non-ortho nitro benzene ring substituents is 1. The molecule has 2 aliphatic rings. The van der Waals surface area contributed by atoms with E-state index in [1.165, 1.54) is 28.6 Å². The van der Waals surface area contributed by atoms with E-state index in [-0.39, 0.29) is 29.3 Å². The summed E-state index contributed by atoms with van der Waals surface area (Å²) >= 11 is 0. The molecule has 1 aliphatic carbocycles. The molecule has 2 aromatic rings. The van der Waals surface area contributed by atoms with Gasteiger partial charge in [-0.2, -0.15) is 4.31 Å². The van der Waals surface area contributed by atoms with Gasteiger partial charge in [0, 0.05) is 30.7 Å². The second-order valence-corrected chi connectivity index (χ2v) is 8.03. The van der Waals surface area contributed by atoms with E-state index in [1.807, 2.05) is 12.1 Å². The molecule has 0 saturated heterocycles. The van der Waals surface area contributed by atoms with Crippen LogP contribution in [0.25, 0.3) is 0 Å². The van der Waals surface area contributed by atoms with Crippen molar-refractivity contribution < 1.29 is 18.1 Å². The summed E-state index contributed by atoms with van der Waals surface area (Å²) in [6, 6.07) is 9.84. The number of benzene rings is 2. The molecule has 0 radical (unpaired) electrons.